The van der Waals surface area contributed by atoms with Crippen LogP contribution in [-0.4, -0.2) is 59.0 Å². The Morgan fingerprint density at radius 1 is 1.08 bits per heavy atom. The Balaban J connectivity index is 1.25. The van der Waals surface area contributed by atoms with E-state index in [9.17, 15) is 4.79 Å². The molecule has 5 rings (SSSR count). The molecule has 0 bridgehead atoms. The average molecular weight is 536 g/mol. The van der Waals surface area contributed by atoms with Crippen LogP contribution < -0.4 is 4.74 Å². The van der Waals surface area contributed by atoms with E-state index in [1.165, 1.54) is 11.9 Å². The van der Waals surface area contributed by atoms with Gasteiger partial charge in [0.05, 0.1) is 24.8 Å². The minimum Gasteiger partial charge on any atom is -0.486 e. The Bertz CT molecular complexity index is 1260. The number of aryl methyl sites for hydroxylation is 2. The van der Waals surface area contributed by atoms with Crippen LogP contribution in [0.4, 0.5) is 4.39 Å². The van der Waals surface area contributed by atoms with Crippen LogP contribution in [0.1, 0.15) is 57.1 Å². The van der Waals surface area contributed by atoms with Crippen molar-refractivity contribution >= 4 is 17.9 Å². The number of halogens is 1. The number of amides is 1. The van der Waals surface area contributed by atoms with Crippen molar-refractivity contribution in [2.75, 3.05) is 26.7 Å². The zero-order valence-electron chi connectivity index (χ0n) is 22.0. The second kappa shape index (κ2) is 11.8. The molecule has 1 aromatic heterocycles. The number of alkyl halides is 1. The van der Waals surface area contributed by atoms with E-state index >= 15 is 4.39 Å². The smallest absolute Gasteiger partial charge is 0.254 e. The molecular formula is C30H34FN3O3S. The summed E-state index contributed by atoms with van der Waals surface area (Å²) in [5.41, 5.74) is 2.99. The highest BCUT2D eigenvalue weighted by Gasteiger charge is 2.38. The number of rotatable bonds is 8. The van der Waals surface area contributed by atoms with Gasteiger partial charge >= 0.3 is 0 Å². The third-order valence-electron chi connectivity index (χ3n) is 7.30. The Morgan fingerprint density at radius 3 is 2.71 bits per heavy atom. The third-order valence-corrected chi connectivity index (χ3v) is 8.46. The largest absolute Gasteiger partial charge is 0.486 e. The number of carbonyl (C=O) groups excluding carboxylic acids is 1. The van der Waals surface area contributed by atoms with Crippen LogP contribution in [-0.2, 0) is 4.74 Å². The lowest BCUT2D eigenvalue weighted by Crippen LogP contribution is -2.32. The quantitative estimate of drug-likeness (QED) is 0.327. The van der Waals surface area contributed by atoms with E-state index in [2.05, 4.69) is 9.29 Å². The highest BCUT2D eigenvalue weighted by molar-refractivity contribution is 7.97. The molecule has 4 atom stereocenters. The lowest BCUT2D eigenvalue weighted by atomic mass is 10.0. The first-order valence-corrected chi connectivity index (χ1v) is 13.9. The van der Waals surface area contributed by atoms with Gasteiger partial charge < -0.3 is 14.4 Å². The molecule has 4 unspecified atom stereocenters. The summed E-state index contributed by atoms with van der Waals surface area (Å²) in [6, 6.07) is 19.1. The van der Waals surface area contributed by atoms with Gasteiger partial charge in [-0.3, -0.25) is 9.78 Å². The van der Waals surface area contributed by atoms with Gasteiger partial charge in [0, 0.05) is 31.0 Å². The number of benzene rings is 2. The zero-order chi connectivity index (χ0) is 26.6. The van der Waals surface area contributed by atoms with Crippen LogP contribution >= 0.6 is 11.9 Å². The predicted octanol–water partition coefficient (Wildman–Crippen LogP) is 6.07. The van der Waals surface area contributed by atoms with Crippen molar-refractivity contribution in [3.05, 3.63) is 94.8 Å². The summed E-state index contributed by atoms with van der Waals surface area (Å²) >= 11 is 1.22. The van der Waals surface area contributed by atoms with Gasteiger partial charge in [0.15, 0.2) is 5.50 Å². The maximum atomic E-state index is 15.5. The SMILES string of the molecule is COC1CN(C(=O)c2cc(C)ccc2C)CC1Oc1cccc(C(F)SN2CCCC2c2ccccn2)c1. The standard InChI is InChI=1S/C30H34FN3O3S/c1-20-12-13-21(2)24(16-20)30(35)33-18-27(36-3)28(19-33)37-23-9-6-8-22(17-23)29(31)38-34-15-7-11-26(34)25-10-4-5-14-32-25/h4-6,8-10,12-14,16-17,26-29H,7,11,15,18-19H2,1-3H3. The second-order valence-electron chi connectivity index (χ2n) is 10.0. The average Bonchev–Trinajstić information content (AvgIpc) is 3.57. The molecule has 0 spiro atoms. The fraction of sp³-hybridized carbons (Fsp3) is 0.400. The molecular weight excluding hydrogens is 501 g/mol. The molecule has 38 heavy (non-hydrogen) atoms. The van der Waals surface area contributed by atoms with E-state index in [4.69, 9.17) is 9.47 Å². The molecule has 8 heteroatoms. The Labute approximate surface area is 228 Å². The van der Waals surface area contributed by atoms with Crippen molar-refractivity contribution in [1.82, 2.24) is 14.2 Å². The molecule has 2 fully saturated rings. The topological polar surface area (TPSA) is 54.9 Å². The van der Waals surface area contributed by atoms with Crippen molar-refractivity contribution in [2.24, 2.45) is 0 Å². The van der Waals surface area contributed by atoms with Crippen LogP contribution in [0, 0.1) is 13.8 Å². The highest BCUT2D eigenvalue weighted by Crippen LogP contribution is 2.43. The van der Waals surface area contributed by atoms with Gasteiger partial charge in [-0.25, -0.2) is 8.70 Å². The summed E-state index contributed by atoms with van der Waals surface area (Å²) in [7, 11) is 1.63. The Kier molecular flexibility index (Phi) is 8.31. The maximum Gasteiger partial charge on any atom is 0.254 e. The van der Waals surface area contributed by atoms with Gasteiger partial charge in [-0.15, -0.1) is 0 Å². The number of carbonyl (C=O) groups is 1. The minimum absolute atomic E-state index is 0.0265. The molecule has 2 aliphatic heterocycles. The summed E-state index contributed by atoms with van der Waals surface area (Å²) in [5, 5.41) is 0. The summed E-state index contributed by atoms with van der Waals surface area (Å²) in [5.74, 6) is 0.544. The third kappa shape index (κ3) is 5.87. The number of ether oxygens (including phenoxy) is 2. The van der Waals surface area contributed by atoms with Gasteiger partial charge in [0.1, 0.15) is 18.0 Å². The number of pyridine rings is 1. The summed E-state index contributed by atoms with van der Waals surface area (Å²) < 4.78 is 29.6. The molecule has 0 N–H and O–H groups in total. The van der Waals surface area contributed by atoms with E-state index in [1.54, 1.807) is 30.3 Å². The predicted molar refractivity (Wildman–Crippen MR) is 148 cm³/mol. The Morgan fingerprint density at radius 2 is 1.92 bits per heavy atom. The van der Waals surface area contributed by atoms with Crippen molar-refractivity contribution in [2.45, 2.75) is 50.4 Å². The molecule has 200 valence electrons. The molecule has 2 aliphatic rings. The number of hydrogen-bond donors (Lipinski definition) is 0. The number of methoxy groups -OCH3 is 1. The molecule has 0 saturated carbocycles. The van der Waals surface area contributed by atoms with Crippen molar-refractivity contribution in [3.63, 3.8) is 0 Å². The van der Waals surface area contributed by atoms with Gasteiger partial charge in [0.2, 0.25) is 0 Å². The van der Waals surface area contributed by atoms with Gasteiger partial charge in [0.25, 0.3) is 5.91 Å². The summed E-state index contributed by atoms with van der Waals surface area (Å²) in [4.78, 5) is 19.5. The number of aromatic nitrogens is 1. The first kappa shape index (κ1) is 26.7. The number of likely N-dealkylation sites (tertiary alicyclic amines) is 1. The van der Waals surface area contributed by atoms with Crippen LogP contribution in [0.3, 0.4) is 0 Å². The van der Waals surface area contributed by atoms with E-state index in [0.29, 0.717) is 30.0 Å². The summed E-state index contributed by atoms with van der Waals surface area (Å²) in [6.45, 7) is 5.60. The molecule has 2 aromatic carbocycles. The molecule has 2 saturated heterocycles. The monoisotopic (exact) mass is 535 g/mol. The van der Waals surface area contributed by atoms with Gasteiger partial charge in [-0.05, 0) is 74.5 Å². The van der Waals surface area contributed by atoms with Crippen LogP contribution in [0.5, 0.6) is 5.75 Å². The highest BCUT2D eigenvalue weighted by atomic mass is 32.2. The molecule has 3 aromatic rings. The van der Waals surface area contributed by atoms with E-state index in [1.807, 2.05) is 62.4 Å². The van der Waals surface area contributed by atoms with E-state index in [0.717, 1.165) is 36.2 Å². The number of hydrogen-bond acceptors (Lipinski definition) is 6. The zero-order valence-corrected chi connectivity index (χ0v) is 22.9. The minimum atomic E-state index is -1.23. The first-order valence-electron chi connectivity index (χ1n) is 13.1. The molecule has 3 heterocycles. The first-order chi connectivity index (χ1) is 18.4. The van der Waals surface area contributed by atoms with Gasteiger partial charge in [-0.1, -0.05) is 35.9 Å². The van der Waals surface area contributed by atoms with Crippen molar-refractivity contribution in [3.8, 4) is 5.75 Å². The lowest BCUT2D eigenvalue weighted by molar-refractivity contribution is 0.0339. The molecule has 0 radical (unpaired) electrons. The van der Waals surface area contributed by atoms with E-state index < -0.39 is 5.50 Å². The summed E-state index contributed by atoms with van der Waals surface area (Å²) in [6.07, 6.45) is 3.16. The fourth-order valence-corrected chi connectivity index (χ4v) is 6.31. The van der Waals surface area contributed by atoms with Crippen LogP contribution in [0.15, 0.2) is 66.9 Å². The molecule has 6 nitrogen and oxygen atoms in total. The van der Waals surface area contributed by atoms with Crippen LogP contribution in [0.2, 0.25) is 0 Å². The normalized spacial score (nSPS) is 22.5. The van der Waals surface area contributed by atoms with Gasteiger partial charge in [-0.2, -0.15) is 0 Å². The molecule has 0 aliphatic carbocycles. The lowest BCUT2D eigenvalue weighted by Gasteiger charge is -2.25. The Hall–Kier alpha value is -2.94. The maximum absolute atomic E-state index is 15.5. The van der Waals surface area contributed by atoms with Crippen molar-refractivity contribution < 1.29 is 18.7 Å². The van der Waals surface area contributed by atoms with Crippen molar-refractivity contribution in [1.29, 1.82) is 0 Å². The fourth-order valence-electron chi connectivity index (χ4n) is 5.20. The van der Waals surface area contributed by atoms with E-state index in [-0.39, 0.29) is 24.2 Å². The second-order valence-corrected chi connectivity index (χ2v) is 11.1. The van der Waals surface area contributed by atoms with Crippen LogP contribution in [0.25, 0.3) is 0 Å². The molecule has 1 amide bonds. The number of nitrogens with zero attached hydrogens (tertiary/aromatic N) is 3.